The van der Waals surface area contributed by atoms with E-state index >= 15 is 0 Å². The first-order valence-corrected chi connectivity index (χ1v) is 8.60. The van der Waals surface area contributed by atoms with Crippen molar-refractivity contribution in [3.05, 3.63) is 44.6 Å². The van der Waals surface area contributed by atoms with Crippen LogP contribution in [0.25, 0.3) is 10.9 Å². The Morgan fingerprint density at radius 2 is 1.96 bits per heavy atom. The first-order chi connectivity index (χ1) is 12.0. The molecule has 0 aliphatic carbocycles. The summed E-state index contributed by atoms with van der Waals surface area (Å²) in [4.78, 5) is 41.2. The molecule has 0 atom stereocenters. The molecule has 3 rings (SSSR count). The van der Waals surface area contributed by atoms with Crippen molar-refractivity contribution in [1.29, 1.82) is 0 Å². The van der Waals surface area contributed by atoms with Gasteiger partial charge in [0.2, 0.25) is 0 Å². The number of hydrogen-bond donors (Lipinski definition) is 1. The highest BCUT2D eigenvalue weighted by molar-refractivity contribution is 5.82. The first kappa shape index (κ1) is 17.6. The van der Waals surface area contributed by atoms with E-state index in [1.54, 1.807) is 18.2 Å². The van der Waals surface area contributed by atoms with Gasteiger partial charge >= 0.3 is 5.69 Å². The minimum atomic E-state index is -0.390. The molecule has 1 fully saturated rings. The van der Waals surface area contributed by atoms with Crippen LogP contribution in [-0.2, 0) is 22.5 Å². The van der Waals surface area contributed by atoms with E-state index in [4.69, 9.17) is 4.74 Å². The van der Waals surface area contributed by atoms with Crippen LogP contribution in [0.4, 0.5) is 0 Å². The fourth-order valence-corrected chi connectivity index (χ4v) is 3.18. The Morgan fingerprint density at radius 3 is 2.68 bits per heavy atom. The lowest BCUT2D eigenvalue weighted by Crippen LogP contribution is -2.39. The fraction of sp³-hybridized carbons (Fsp3) is 0.500. The zero-order chi connectivity index (χ0) is 17.8. The number of rotatable bonds is 6. The number of aromatic amines is 1. The maximum absolute atomic E-state index is 12.7. The van der Waals surface area contributed by atoms with Crippen LogP contribution >= 0.6 is 0 Å². The van der Waals surface area contributed by atoms with E-state index in [9.17, 15) is 14.4 Å². The van der Waals surface area contributed by atoms with Crippen molar-refractivity contribution < 1.29 is 9.53 Å². The Kier molecular flexibility index (Phi) is 5.45. The van der Waals surface area contributed by atoms with Gasteiger partial charge in [-0.1, -0.05) is 6.07 Å². The number of ether oxygens (including phenoxy) is 1. The quantitative estimate of drug-likeness (QED) is 0.826. The number of nitrogens with zero attached hydrogens (tertiary/aromatic N) is 2. The van der Waals surface area contributed by atoms with Crippen LogP contribution in [-0.4, -0.2) is 53.1 Å². The number of aromatic nitrogens is 2. The molecule has 25 heavy (non-hydrogen) atoms. The van der Waals surface area contributed by atoms with Crippen LogP contribution in [0, 0.1) is 0 Å². The molecule has 1 saturated heterocycles. The van der Waals surface area contributed by atoms with Gasteiger partial charge in [-0.05, 0) is 31.0 Å². The van der Waals surface area contributed by atoms with Gasteiger partial charge in [-0.25, -0.2) is 4.79 Å². The van der Waals surface area contributed by atoms with E-state index < -0.39 is 5.69 Å². The number of carbonyl (C=O) groups is 1. The van der Waals surface area contributed by atoms with Gasteiger partial charge in [-0.3, -0.25) is 19.1 Å². The van der Waals surface area contributed by atoms with Crippen molar-refractivity contribution in [1.82, 2.24) is 14.5 Å². The fourth-order valence-electron chi connectivity index (χ4n) is 3.18. The summed E-state index contributed by atoms with van der Waals surface area (Å²) in [6, 6.07) is 5.16. The predicted molar refractivity (Wildman–Crippen MR) is 95.1 cm³/mol. The lowest BCUT2D eigenvalue weighted by atomic mass is 10.1. The van der Waals surface area contributed by atoms with Gasteiger partial charge in [0.15, 0.2) is 0 Å². The molecular weight excluding hydrogens is 322 g/mol. The summed E-state index contributed by atoms with van der Waals surface area (Å²) in [5, 5.41) is 0.449. The van der Waals surface area contributed by atoms with E-state index in [0.717, 1.165) is 44.8 Å². The summed E-state index contributed by atoms with van der Waals surface area (Å²) in [5.74, 6) is 0.0367. The van der Waals surface area contributed by atoms with E-state index in [1.807, 2.05) is 0 Å². The molecule has 7 nitrogen and oxygen atoms in total. The number of fused-ring (bicyclic) bond motifs is 1. The summed E-state index contributed by atoms with van der Waals surface area (Å²) >= 11 is 0. The summed E-state index contributed by atoms with van der Waals surface area (Å²) in [5.41, 5.74) is 0.598. The van der Waals surface area contributed by atoms with E-state index in [2.05, 4.69) is 9.88 Å². The number of benzene rings is 1. The number of Topliss-reactive ketones (excluding diaryl/α,β-unsaturated/α-hetero) is 1. The smallest absolute Gasteiger partial charge is 0.328 e. The Labute approximate surface area is 145 Å². The average Bonchev–Trinajstić information content (AvgIpc) is 2.59. The Bertz CT molecular complexity index is 878. The van der Waals surface area contributed by atoms with Crippen molar-refractivity contribution in [2.45, 2.75) is 26.3 Å². The second kappa shape index (κ2) is 7.76. The molecule has 1 aromatic carbocycles. The highest BCUT2D eigenvalue weighted by Crippen LogP contribution is 2.10. The molecule has 1 aliphatic rings. The van der Waals surface area contributed by atoms with Crippen LogP contribution < -0.4 is 11.2 Å². The number of nitrogens with one attached hydrogen (secondary N) is 1. The van der Waals surface area contributed by atoms with Gasteiger partial charge in [-0.15, -0.1) is 0 Å². The molecule has 0 spiro atoms. The monoisotopic (exact) mass is 345 g/mol. The molecule has 134 valence electrons. The first-order valence-electron chi connectivity index (χ1n) is 8.60. The lowest BCUT2D eigenvalue weighted by molar-refractivity contribution is -0.116. The number of morpholine rings is 1. The molecule has 0 radical (unpaired) electrons. The van der Waals surface area contributed by atoms with Gasteiger partial charge in [0.1, 0.15) is 5.78 Å². The van der Waals surface area contributed by atoms with E-state index in [1.165, 1.54) is 11.5 Å². The van der Waals surface area contributed by atoms with Crippen LogP contribution in [0.1, 0.15) is 18.9 Å². The average molecular weight is 345 g/mol. The Morgan fingerprint density at radius 1 is 1.20 bits per heavy atom. The summed E-state index contributed by atoms with van der Waals surface area (Å²) in [6.07, 6.45) is 1.01. The highest BCUT2D eigenvalue weighted by Gasteiger charge is 2.12. The van der Waals surface area contributed by atoms with Crippen LogP contribution in [0.15, 0.2) is 27.8 Å². The normalized spacial score (nSPS) is 15.6. The lowest BCUT2D eigenvalue weighted by Gasteiger charge is -2.26. The topological polar surface area (TPSA) is 84.4 Å². The number of ketones is 1. The van der Waals surface area contributed by atoms with Crippen molar-refractivity contribution >= 4 is 16.7 Å². The molecule has 0 amide bonds. The zero-order valence-electron chi connectivity index (χ0n) is 14.4. The molecule has 1 aromatic heterocycles. The third kappa shape index (κ3) is 4.24. The largest absolute Gasteiger partial charge is 0.379 e. The predicted octanol–water partition coefficient (Wildman–Crippen LogP) is 0.544. The second-order valence-corrected chi connectivity index (χ2v) is 6.45. The summed E-state index contributed by atoms with van der Waals surface area (Å²) in [6.45, 7) is 5.96. The molecule has 7 heteroatoms. The van der Waals surface area contributed by atoms with Crippen LogP contribution in [0.3, 0.4) is 0 Å². The Balaban J connectivity index is 1.80. The number of hydrogen-bond acceptors (Lipinski definition) is 5. The molecule has 2 heterocycles. The van der Waals surface area contributed by atoms with Crippen molar-refractivity contribution in [2.24, 2.45) is 0 Å². The van der Waals surface area contributed by atoms with Crippen molar-refractivity contribution in [3.8, 4) is 0 Å². The standard InChI is InChI=1S/C18H23N3O4/c1-13(22)11-14-3-4-16-15(12-14)17(23)21(18(24)19-16)6-2-5-20-7-9-25-10-8-20/h3-4,12H,2,5-11H2,1H3,(H,19,24). The van der Waals surface area contributed by atoms with Crippen LogP contribution in [0.2, 0.25) is 0 Å². The third-order valence-corrected chi connectivity index (χ3v) is 4.46. The maximum atomic E-state index is 12.7. The van der Waals surface area contributed by atoms with Crippen molar-refractivity contribution in [2.75, 3.05) is 32.8 Å². The number of H-pyrrole nitrogens is 1. The van der Waals surface area contributed by atoms with E-state index in [0.29, 0.717) is 17.4 Å². The summed E-state index contributed by atoms with van der Waals surface area (Å²) in [7, 11) is 0. The van der Waals surface area contributed by atoms with Gasteiger partial charge in [0.25, 0.3) is 5.56 Å². The number of carbonyl (C=O) groups excluding carboxylic acids is 1. The highest BCUT2D eigenvalue weighted by atomic mass is 16.5. The maximum Gasteiger partial charge on any atom is 0.328 e. The minimum Gasteiger partial charge on any atom is -0.379 e. The minimum absolute atomic E-state index is 0.0367. The SMILES string of the molecule is CC(=O)Cc1ccc2[nH]c(=O)n(CCCN3CCOCC3)c(=O)c2c1. The molecule has 0 saturated carbocycles. The van der Waals surface area contributed by atoms with Gasteiger partial charge < -0.3 is 9.72 Å². The Hall–Kier alpha value is -2.25. The molecule has 1 N–H and O–H groups in total. The van der Waals surface area contributed by atoms with Crippen molar-refractivity contribution in [3.63, 3.8) is 0 Å². The van der Waals surface area contributed by atoms with Crippen LogP contribution in [0.5, 0.6) is 0 Å². The summed E-state index contributed by atoms with van der Waals surface area (Å²) < 4.78 is 6.56. The van der Waals surface area contributed by atoms with Gasteiger partial charge in [0.05, 0.1) is 24.1 Å². The molecule has 0 bridgehead atoms. The van der Waals surface area contributed by atoms with E-state index in [-0.39, 0.29) is 17.8 Å². The molecule has 1 aliphatic heterocycles. The van der Waals surface area contributed by atoms with Gasteiger partial charge in [-0.2, -0.15) is 0 Å². The third-order valence-electron chi connectivity index (χ3n) is 4.46. The molecular formula is C18H23N3O4. The zero-order valence-corrected chi connectivity index (χ0v) is 14.4. The second-order valence-electron chi connectivity index (χ2n) is 6.45. The molecule has 0 unspecified atom stereocenters. The molecule has 2 aromatic rings. The van der Waals surface area contributed by atoms with Gasteiger partial charge in [0, 0.05) is 32.6 Å².